The Morgan fingerprint density at radius 2 is 2.20 bits per heavy atom. The van der Waals surface area contributed by atoms with Crippen molar-refractivity contribution in [3.05, 3.63) is 23.8 Å². The number of benzene rings is 1. The number of hydrogen-bond acceptors (Lipinski definition) is 4. The summed E-state index contributed by atoms with van der Waals surface area (Å²) in [6.45, 7) is 1.57. The van der Waals surface area contributed by atoms with Crippen LogP contribution in [-0.4, -0.2) is 47.2 Å². The third kappa shape index (κ3) is 3.04. The van der Waals surface area contributed by atoms with Crippen LogP contribution in [0.15, 0.2) is 18.2 Å². The molecule has 20 heavy (non-hydrogen) atoms. The van der Waals surface area contributed by atoms with Gasteiger partial charge >= 0.3 is 0 Å². The van der Waals surface area contributed by atoms with E-state index in [0.717, 1.165) is 32.2 Å². The number of carbonyl (C=O) groups excluding carboxylic acids is 1. The van der Waals surface area contributed by atoms with Crippen molar-refractivity contribution in [2.45, 2.75) is 31.7 Å². The maximum absolute atomic E-state index is 12.6. The number of amides is 1. The molecule has 1 aliphatic heterocycles. The summed E-state index contributed by atoms with van der Waals surface area (Å²) < 4.78 is 0. The van der Waals surface area contributed by atoms with Gasteiger partial charge in [-0.3, -0.25) is 4.79 Å². The molecular weight excluding hydrogens is 256 g/mol. The first-order chi connectivity index (χ1) is 9.65. The smallest absolute Gasteiger partial charge is 0.258 e. The summed E-state index contributed by atoms with van der Waals surface area (Å²) in [5, 5.41) is 22.5. The summed E-state index contributed by atoms with van der Waals surface area (Å²) in [4.78, 5) is 14.4. The Kier molecular flexibility index (Phi) is 4.84. The minimum absolute atomic E-state index is 0.182. The van der Waals surface area contributed by atoms with Crippen LogP contribution in [0.25, 0.3) is 0 Å². The van der Waals surface area contributed by atoms with Crippen molar-refractivity contribution in [2.24, 2.45) is 0 Å². The van der Waals surface area contributed by atoms with Crippen LogP contribution in [0.2, 0.25) is 0 Å². The lowest BCUT2D eigenvalue weighted by atomic mass is 9.98. The van der Waals surface area contributed by atoms with Crippen LogP contribution in [0.4, 0.5) is 0 Å². The zero-order valence-corrected chi connectivity index (χ0v) is 11.8. The van der Waals surface area contributed by atoms with Crippen molar-refractivity contribution < 1.29 is 15.0 Å². The minimum Gasteiger partial charge on any atom is -0.504 e. The van der Waals surface area contributed by atoms with Crippen molar-refractivity contribution in [3.8, 4) is 11.5 Å². The highest BCUT2D eigenvalue weighted by molar-refractivity contribution is 5.97. The second kappa shape index (κ2) is 6.61. The Hall–Kier alpha value is -1.75. The van der Waals surface area contributed by atoms with Crippen LogP contribution in [0.3, 0.4) is 0 Å². The van der Waals surface area contributed by atoms with Gasteiger partial charge in [0.25, 0.3) is 5.91 Å². The van der Waals surface area contributed by atoms with Gasteiger partial charge in [-0.2, -0.15) is 0 Å². The standard InChI is InChI=1S/C15H22N2O3/c1-16-9-8-11-5-2-3-10-17(11)15(20)12-6-4-7-13(18)14(12)19/h4,6-7,11,16,18-19H,2-3,5,8-10H2,1H3. The zero-order chi connectivity index (χ0) is 14.5. The molecule has 0 spiro atoms. The van der Waals surface area contributed by atoms with Gasteiger partial charge in [0.2, 0.25) is 0 Å². The van der Waals surface area contributed by atoms with Gasteiger partial charge in [-0.1, -0.05) is 6.07 Å². The van der Waals surface area contributed by atoms with E-state index in [0.29, 0.717) is 6.54 Å². The second-order valence-electron chi connectivity index (χ2n) is 5.21. The topological polar surface area (TPSA) is 72.8 Å². The van der Waals surface area contributed by atoms with Gasteiger partial charge in [-0.25, -0.2) is 0 Å². The molecule has 1 aromatic carbocycles. The molecule has 0 aromatic heterocycles. The summed E-state index contributed by atoms with van der Waals surface area (Å²) in [6, 6.07) is 4.71. The maximum atomic E-state index is 12.6. The third-order valence-corrected chi connectivity index (χ3v) is 3.86. The van der Waals surface area contributed by atoms with E-state index in [1.54, 1.807) is 12.1 Å². The fourth-order valence-electron chi connectivity index (χ4n) is 2.74. The van der Waals surface area contributed by atoms with E-state index in [4.69, 9.17) is 0 Å². The maximum Gasteiger partial charge on any atom is 0.258 e. The molecule has 2 rings (SSSR count). The number of carbonyl (C=O) groups is 1. The Balaban J connectivity index is 2.18. The first kappa shape index (κ1) is 14.7. The third-order valence-electron chi connectivity index (χ3n) is 3.86. The van der Waals surface area contributed by atoms with Crippen LogP contribution in [0.1, 0.15) is 36.0 Å². The largest absolute Gasteiger partial charge is 0.504 e. The monoisotopic (exact) mass is 278 g/mol. The molecule has 1 fully saturated rings. The van der Waals surface area contributed by atoms with Crippen LogP contribution in [0.5, 0.6) is 11.5 Å². The number of aromatic hydroxyl groups is 2. The zero-order valence-electron chi connectivity index (χ0n) is 11.8. The van der Waals surface area contributed by atoms with Crippen LogP contribution < -0.4 is 5.32 Å². The molecule has 110 valence electrons. The predicted octanol–water partition coefficient (Wildman–Crippen LogP) is 1.70. The predicted molar refractivity (Wildman–Crippen MR) is 77.0 cm³/mol. The number of hydrogen-bond donors (Lipinski definition) is 3. The van der Waals surface area contributed by atoms with E-state index in [-0.39, 0.29) is 29.0 Å². The highest BCUT2D eigenvalue weighted by Crippen LogP contribution is 2.31. The number of para-hydroxylation sites is 1. The lowest BCUT2D eigenvalue weighted by Gasteiger charge is -2.36. The highest BCUT2D eigenvalue weighted by Gasteiger charge is 2.28. The van der Waals surface area contributed by atoms with E-state index in [9.17, 15) is 15.0 Å². The van der Waals surface area contributed by atoms with E-state index >= 15 is 0 Å². The molecular formula is C15H22N2O3. The molecule has 0 aliphatic carbocycles. The Bertz CT molecular complexity index is 476. The van der Waals surface area contributed by atoms with Gasteiger partial charge in [0.1, 0.15) is 0 Å². The molecule has 1 unspecified atom stereocenters. The summed E-state index contributed by atoms with van der Waals surface area (Å²) in [5.41, 5.74) is 0.182. The first-order valence-electron chi connectivity index (χ1n) is 7.11. The Morgan fingerprint density at radius 3 is 2.95 bits per heavy atom. The van der Waals surface area contributed by atoms with Crippen molar-refractivity contribution in [1.82, 2.24) is 10.2 Å². The molecule has 5 nitrogen and oxygen atoms in total. The molecule has 1 amide bonds. The first-order valence-corrected chi connectivity index (χ1v) is 7.11. The van der Waals surface area contributed by atoms with E-state index < -0.39 is 0 Å². The Morgan fingerprint density at radius 1 is 1.40 bits per heavy atom. The fraction of sp³-hybridized carbons (Fsp3) is 0.533. The number of rotatable bonds is 4. The van der Waals surface area contributed by atoms with Gasteiger partial charge < -0.3 is 20.4 Å². The highest BCUT2D eigenvalue weighted by atomic mass is 16.3. The van der Waals surface area contributed by atoms with Crippen LogP contribution in [-0.2, 0) is 0 Å². The lowest BCUT2D eigenvalue weighted by Crippen LogP contribution is -2.44. The molecule has 0 saturated carbocycles. The molecule has 1 atom stereocenters. The SMILES string of the molecule is CNCCC1CCCCN1C(=O)c1cccc(O)c1O. The summed E-state index contributed by atoms with van der Waals surface area (Å²) in [6.07, 6.45) is 4.01. The number of phenolic OH excluding ortho intramolecular Hbond substituents is 2. The molecule has 0 bridgehead atoms. The molecule has 1 aromatic rings. The van der Waals surface area contributed by atoms with Crippen LogP contribution >= 0.6 is 0 Å². The molecule has 1 heterocycles. The number of phenols is 2. The lowest BCUT2D eigenvalue weighted by molar-refractivity contribution is 0.0599. The summed E-state index contributed by atoms with van der Waals surface area (Å²) in [5.74, 6) is -0.769. The fourth-order valence-corrected chi connectivity index (χ4v) is 2.74. The minimum atomic E-state index is -0.324. The van der Waals surface area contributed by atoms with Gasteiger partial charge in [0.05, 0.1) is 5.56 Å². The number of nitrogens with one attached hydrogen (secondary N) is 1. The van der Waals surface area contributed by atoms with E-state index in [1.807, 2.05) is 11.9 Å². The van der Waals surface area contributed by atoms with Crippen molar-refractivity contribution in [2.75, 3.05) is 20.1 Å². The van der Waals surface area contributed by atoms with Gasteiger partial charge in [0.15, 0.2) is 11.5 Å². The number of nitrogens with zero attached hydrogens (tertiary/aromatic N) is 1. The normalized spacial score (nSPS) is 19.1. The molecule has 0 radical (unpaired) electrons. The molecule has 5 heteroatoms. The molecule has 1 aliphatic rings. The van der Waals surface area contributed by atoms with E-state index in [2.05, 4.69) is 5.32 Å². The second-order valence-corrected chi connectivity index (χ2v) is 5.21. The Labute approximate surface area is 119 Å². The summed E-state index contributed by atoms with van der Waals surface area (Å²) >= 11 is 0. The number of piperidine rings is 1. The van der Waals surface area contributed by atoms with Crippen molar-refractivity contribution in [1.29, 1.82) is 0 Å². The van der Waals surface area contributed by atoms with Crippen molar-refractivity contribution in [3.63, 3.8) is 0 Å². The average Bonchev–Trinajstić information content (AvgIpc) is 2.47. The van der Waals surface area contributed by atoms with Gasteiger partial charge in [-0.15, -0.1) is 0 Å². The van der Waals surface area contributed by atoms with E-state index in [1.165, 1.54) is 6.07 Å². The summed E-state index contributed by atoms with van der Waals surface area (Å²) in [7, 11) is 1.90. The van der Waals surface area contributed by atoms with Gasteiger partial charge in [-0.05, 0) is 51.4 Å². The quantitative estimate of drug-likeness (QED) is 0.733. The average molecular weight is 278 g/mol. The molecule has 3 N–H and O–H groups in total. The molecule has 1 saturated heterocycles. The van der Waals surface area contributed by atoms with Gasteiger partial charge in [0, 0.05) is 12.6 Å². The number of likely N-dealkylation sites (tertiary alicyclic amines) is 1. The van der Waals surface area contributed by atoms with Crippen LogP contribution in [0, 0.1) is 0 Å². The van der Waals surface area contributed by atoms with Crippen molar-refractivity contribution >= 4 is 5.91 Å².